The molecule has 90 valence electrons. The Morgan fingerprint density at radius 2 is 2.28 bits per heavy atom. The van der Waals surface area contributed by atoms with Crippen molar-refractivity contribution in [2.75, 3.05) is 11.9 Å². The number of hydrogen-bond acceptors (Lipinski definition) is 4. The van der Waals surface area contributed by atoms with Gasteiger partial charge in [-0.3, -0.25) is 4.79 Å². The van der Waals surface area contributed by atoms with Crippen LogP contribution in [-0.2, 0) is 0 Å². The average molecular weight is 241 g/mol. The van der Waals surface area contributed by atoms with Crippen LogP contribution in [0.1, 0.15) is 16.2 Å². The van der Waals surface area contributed by atoms with Gasteiger partial charge in [0.2, 0.25) is 0 Å². The highest BCUT2D eigenvalue weighted by atomic mass is 16.3. The summed E-state index contributed by atoms with van der Waals surface area (Å²) in [5.41, 5.74) is 5.83. The third kappa shape index (κ3) is 2.97. The lowest BCUT2D eigenvalue weighted by molar-refractivity contribution is 0.0996. The van der Waals surface area contributed by atoms with Gasteiger partial charge in [-0.25, -0.2) is 4.98 Å². The zero-order valence-electron chi connectivity index (χ0n) is 9.51. The van der Waals surface area contributed by atoms with E-state index in [0.29, 0.717) is 11.5 Å². The van der Waals surface area contributed by atoms with E-state index >= 15 is 0 Å². The number of carbonyl (C=O) groups excluding carboxylic acids is 1. The minimum Gasteiger partial charge on any atom is -0.459 e. The summed E-state index contributed by atoms with van der Waals surface area (Å²) in [6.45, 7) is 0.269. The molecule has 0 aliphatic heterocycles. The van der Waals surface area contributed by atoms with Crippen LogP contribution in [0.25, 0.3) is 0 Å². The molecule has 2 aromatic heterocycles. The van der Waals surface area contributed by atoms with Crippen molar-refractivity contribution in [1.29, 1.82) is 0 Å². The lowest BCUT2D eigenvalue weighted by Crippen LogP contribution is -2.12. The Bertz CT molecular complexity index is 594. The summed E-state index contributed by atoms with van der Waals surface area (Å²) in [5.74, 6) is 5.79. The second-order valence-corrected chi connectivity index (χ2v) is 3.35. The van der Waals surface area contributed by atoms with Crippen molar-refractivity contribution in [1.82, 2.24) is 4.98 Å². The van der Waals surface area contributed by atoms with Gasteiger partial charge in [-0.05, 0) is 30.2 Å². The summed E-state index contributed by atoms with van der Waals surface area (Å²) in [4.78, 5) is 15.9. The predicted octanol–water partition coefficient (Wildman–Crippen LogP) is 1.24. The second kappa shape index (κ2) is 5.66. The van der Waals surface area contributed by atoms with E-state index in [1.54, 1.807) is 30.3 Å². The highest BCUT2D eigenvalue weighted by molar-refractivity contribution is 6.01. The average Bonchev–Trinajstić information content (AvgIpc) is 2.91. The molecular weight excluding hydrogens is 230 g/mol. The van der Waals surface area contributed by atoms with Crippen LogP contribution in [0.2, 0.25) is 0 Å². The van der Waals surface area contributed by atoms with E-state index < -0.39 is 0 Å². The fraction of sp³-hybridized carbons (Fsp3) is 0.0769. The van der Waals surface area contributed by atoms with Gasteiger partial charge in [-0.2, -0.15) is 0 Å². The molecule has 0 fully saturated rings. The van der Waals surface area contributed by atoms with Gasteiger partial charge in [-0.1, -0.05) is 12.0 Å². The molecule has 2 aromatic rings. The van der Waals surface area contributed by atoms with E-state index in [4.69, 9.17) is 10.2 Å². The first-order valence-electron chi connectivity index (χ1n) is 5.30. The third-order valence-corrected chi connectivity index (χ3v) is 2.05. The second-order valence-electron chi connectivity index (χ2n) is 3.35. The minimum atomic E-state index is -0.351. The van der Waals surface area contributed by atoms with Crippen molar-refractivity contribution in [3.05, 3.63) is 48.0 Å². The molecule has 2 rings (SSSR count). The van der Waals surface area contributed by atoms with Crippen LogP contribution < -0.4 is 11.1 Å². The van der Waals surface area contributed by atoms with Crippen molar-refractivity contribution >= 4 is 11.7 Å². The van der Waals surface area contributed by atoms with Crippen LogP contribution >= 0.6 is 0 Å². The lowest BCUT2D eigenvalue weighted by Gasteiger charge is -2.02. The molecule has 1 amide bonds. The lowest BCUT2D eigenvalue weighted by atomic mass is 10.3. The van der Waals surface area contributed by atoms with Crippen molar-refractivity contribution in [3.8, 4) is 11.8 Å². The minimum absolute atomic E-state index is 0.232. The van der Waals surface area contributed by atoms with Crippen molar-refractivity contribution in [2.45, 2.75) is 0 Å². The van der Waals surface area contributed by atoms with Gasteiger partial charge in [0.1, 0.15) is 11.5 Å². The first-order chi connectivity index (χ1) is 8.79. The number of nitrogens with one attached hydrogen (secondary N) is 1. The smallest absolute Gasteiger partial charge is 0.292 e. The van der Waals surface area contributed by atoms with Crippen molar-refractivity contribution < 1.29 is 9.21 Å². The van der Waals surface area contributed by atoms with E-state index in [1.165, 1.54) is 6.26 Å². The van der Waals surface area contributed by atoms with Gasteiger partial charge in [0.05, 0.1) is 12.8 Å². The number of pyridine rings is 1. The predicted molar refractivity (Wildman–Crippen MR) is 66.8 cm³/mol. The standard InChI is InChI=1S/C13H11N3O2/c14-8-2-5-10-4-1-7-12(15-10)16-13(17)11-6-3-9-18-11/h1,3-4,6-7,9H,8,14H2,(H,15,16,17). The molecule has 0 atom stereocenters. The first-order valence-corrected chi connectivity index (χ1v) is 5.30. The summed E-state index contributed by atoms with van der Waals surface area (Å²) < 4.78 is 4.98. The monoisotopic (exact) mass is 241 g/mol. The molecule has 0 saturated heterocycles. The molecule has 0 aliphatic rings. The third-order valence-electron chi connectivity index (χ3n) is 2.05. The molecule has 0 aliphatic carbocycles. The molecule has 0 radical (unpaired) electrons. The van der Waals surface area contributed by atoms with Gasteiger partial charge in [0.25, 0.3) is 5.91 Å². The maximum absolute atomic E-state index is 11.7. The Balaban J connectivity index is 2.12. The number of aromatic nitrogens is 1. The van der Waals surface area contributed by atoms with Gasteiger partial charge in [0.15, 0.2) is 5.76 Å². The summed E-state index contributed by atoms with van der Waals surface area (Å²) >= 11 is 0. The molecule has 0 spiro atoms. The van der Waals surface area contributed by atoms with Crippen LogP contribution in [0.4, 0.5) is 5.82 Å². The molecule has 5 nitrogen and oxygen atoms in total. The molecule has 0 unspecified atom stereocenters. The molecule has 2 heterocycles. The molecule has 5 heteroatoms. The highest BCUT2D eigenvalue weighted by Gasteiger charge is 2.09. The number of hydrogen-bond donors (Lipinski definition) is 2. The molecule has 18 heavy (non-hydrogen) atoms. The summed E-state index contributed by atoms with van der Waals surface area (Å²) in [6, 6.07) is 8.39. The molecule has 0 aromatic carbocycles. The molecule has 0 saturated carbocycles. The fourth-order valence-electron chi connectivity index (χ4n) is 1.30. The Morgan fingerprint density at radius 1 is 1.39 bits per heavy atom. The van der Waals surface area contributed by atoms with E-state index in [2.05, 4.69) is 22.1 Å². The van der Waals surface area contributed by atoms with Crippen molar-refractivity contribution in [2.24, 2.45) is 5.73 Å². The Morgan fingerprint density at radius 3 is 3.00 bits per heavy atom. The van der Waals surface area contributed by atoms with Crippen LogP contribution in [0.15, 0.2) is 41.0 Å². The summed E-state index contributed by atoms with van der Waals surface area (Å²) in [5, 5.41) is 2.62. The van der Waals surface area contributed by atoms with Gasteiger partial charge in [-0.15, -0.1) is 0 Å². The summed E-state index contributed by atoms with van der Waals surface area (Å²) in [6.07, 6.45) is 1.44. The Kier molecular flexibility index (Phi) is 3.74. The Hall–Kier alpha value is -2.58. The van der Waals surface area contributed by atoms with Gasteiger partial charge >= 0.3 is 0 Å². The number of furan rings is 1. The zero-order chi connectivity index (χ0) is 12.8. The number of carbonyl (C=O) groups is 1. The number of nitrogens with two attached hydrogens (primary N) is 1. The molecule has 3 N–H and O–H groups in total. The number of amides is 1. The van der Waals surface area contributed by atoms with E-state index in [9.17, 15) is 4.79 Å². The quantitative estimate of drug-likeness (QED) is 0.775. The van der Waals surface area contributed by atoms with Crippen LogP contribution in [0, 0.1) is 11.8 Å². The largest absolute Gasteiger partial charge is 0.459 e. The maximum Gasteiger partial charge on any atom is 0.292 e. The number of rotatable bonds is 2. The topological polar surface area (TPSA) is 81.1 Å². The maximum atomic E-state index is 11.7. The first kappa shape index (κ1) is 11.9. The van der Waals surface area contributed by atoms with E-state index in [-0.39, 0.29) is 18.2 Å². The molecule has 0 bridgehead atoms. The fourth-order valence-corrected chi connectivity index (χ4v) is 1.30. The van der Waals surface area contributed by atoms with Gasteiger partial charge in [0, 0.05) is 0 Å². The van der Waals surface area contributed by atoms with E-state index in [1.807, 2.05) is 0 Å². The van der Waals surface area contributed by atoms with Crippen LogP contribution in [-0.4, -0.2) is 17.4 Å². The number of anilines is 1. The Labute approximate surface area is 104 Å². The normalized spacial score (nSPS) is 9.39. The highest BCUT2D eigenvalue weighted by Crippen LogP contribution is 2.07. The zero-order valence-corrected chi connectivity index (χ0v) is 9.51. The van der Waals surface area contributed by atoms with Gasteiger partial charge < -0.3 is 15.5 Å². The number of nitrogens with zero attached hydrogens (tertiary/aromatic N) is 1. The molecular formula is C13H11N3O2. The van der Waals surface area contributed by atoms with Crippen LogP contribution in [0.5, 0.6) is 0 Å². The van der Waals surface area contributed by atoms with E-state index in [0.717, 1.165) is 0 Å². The van der Waals surface area contributed by atoms with Crippen molar-refractivity contribution in [3.63, 3.8) is 0 Å². The van der Waals surface area contributed by atoms with Crippen LogP contribution in [0.3, 0.4) is 0 Å². The SMILES string of the molecule is NCC#Cc1cccc(NC(=O)c2ccco2)n1. The summed E-state index contributed by atoms with van der Waals surface area (Å²) in [7, 11) is 0.